The van der Waals surface area contributed by atoms with Gasteiger partial charge in [0, 0.05) is 25.6 Å². The first-order chi connectivity index (χ1) is 7.22. The van der Waals surface area contributed by atoms with Crippen LogP contribution in [0.25, 0.3) is 5.65 Å². The third kappa shape index (κ3) is 1.69. The van der Waals surface area contributed by atoms with E-state index in [0.717, 1.165) is 5.65 Å². The van der Waals surface area contributed by atoms with Gasteiger partial charge in [0.05, 0.1) is 12.7 Å². The van der Waals surface area contributed by atoms with Gasteiger partial charge in [-0.3, -0.25) is 9.63 Å². The minimum Gasteiger partial charge on any atom is -0.306 e. The Labute approximate surface area is 86.9 Å². The van der Waals surface area contributed by atoms with Gasteiger partial charge in [0.2, 0.25) is 0 Å². The molecule has 0 aliphatic carbocycles. The van der Waals surface area contributed by atoms with Gasteiger partial charge in [0.15, 0.2) is 0 Å². The summed E-state index contributed by atoms with van der Waals surface area (Å²) in [6, 6.07) is 3.51. The molecule has 2 rings (SSSR count). The fourth-order valence-corrected chi connectivity index (χ4v) is 1.31. The van der Waals surface area contributed by atoms with E-state index in [1.54, 1.807) is 42.2 Å². The number of imidazole rings is 1. The lowest BCUT2D eigenvalue weighted by atomic mass is 10.2. The molecule has 0 radical (unpaired) electrons. The Balaban J connectivity index is 2.39. The van der Waals surface area contributed by atoms with E-state index < -0.39 is 0 Å². The van der Waals surface area contributed by atoms with E-state index in [-0.39, 0.29) is 5.91 Å². The number of hydrogen-bond donors (Lipinski definition) is 0. The maximum Gasteiger partial charge on any atom is 0.278 e. The number of fused-ring (bicyclic) bond motifs is 1. The van der Waals surface area contributed by atoms with Crippen LogP contribution in [0.1, 0.15) is 10.4 Å². The number of hydroxylamine groups is 2. The SMILES string of the molecule is CON(C)C(=O)c1ccc2nccn2c1. The fourth-order valence-electron chi connectivity index (χ4n) is 1.31. The van der Waals surface area contributed by atoms with E-state index in [2.05, 4.69) is 4.98 Å². The van der Waals surface area contributed by atoms with Crippen LogP contribution in [0.2, 0.25) is 0 Å². The van der Waals surface area contributed by atoms with Gasteiger partial charge in [0.25, 0.3) is 5.91 Å². The van der Waals surface area contributed by atoms with Crippen molar-refractivity contribution >= 4 is 11.6 Å². The normalized spacial score (nSPS) is 10.5. The molecule has 1 amide bonds. The summed E-state index contributed by atoms with van der Waals surface area (Å²) in [5.41, 5.74) is 1.37. The van der Waals surface area contributed by atoms with Gasteiger partial charge < -0.3 is 4.40 Å². The molecule has 2 heterocycles. The molecule has 0 fully saturated rings. The molecule has 0 spiro atoms. The van der Waals surface area contributed by atoms with Crippen molar-refractivity contribution in [2.24, 2.45) is 0 Å². The summed E-state index contributed by atoms with van der Waals surface area (Å²) in [5.74, 6) is -0.187. The predicted molar refractivity (Wildman–Crippen MR) is 54.3 cm³/mol. The van der Waals surface area contributed by atoms with Crippen LogP contribution < -0.4 is 0 Å². The van der Waals surface area contributed by atoms with Crippen LogP contribution in [0.15, 0.2) is 30.7 Å². The van der Waals surface area contributed by atoms with Crippen LogP contribution in [0.4, 0.5) is 0 Å². The van der Waals surface area contributed by atoms with Gasteiger partial charge in [-0.25, -0.2) is 10.0 Å². The smallest absolute Gasteiger partial charge is 0.278 e. The van der Waals surface area contributed by atoms with Crippen LogP contribution in [0, 0.1) is 0 Å². The number of hydrogen-bond acceptors (Lipinski definition) is 3. The summed E-state index contributed by atoms with van der Waals surface area (Å²) >= 11 is 0. The average Bonchev–Trinajstić information content (AvgIpc) is 2.73. The molecule has 5 heteroatoms. The molecule has 15 heavy (non-hydrogen) atoms. The summed E-state index contributed by atoms with van der Waals surface area (Å²) in [5, 5.41) is 1.18. The minimum atomic E-state index is -0.187. The van der Waals surface area contributed by atoms with Gasteiger partial charge >= 0.3 is 0 Å². The summed E-state index contributed by atoms with van der Waals surface area (Å²) < 4.78 is 1.79. The summed E-state index contributed by atoms with van der Waals surface area (Å²) in [7, 11) is 3.02. The van der Waals surface area contributed by atoms with Crippen LogP contribution in [-0.2, 0) is 4.84 Å². The van der Waals surface area contributed by atoms with E-state index >= 15 is 0 Å². The minimum absolute atomic E-state index is 0.187. The van der Waals surface area contributed by atoms with Crippen LogP contribution in [-0.4, -0.2) is 34.5 Å². The van der Waals surface area contributed by atoms with Crippen molar-refractivity contribution in [3.8, 4) is 0 Å². The fraction of sp³-hybridized carbons (Fsp3) is 0.200. The van der Waals surface area contributed by atoms with Crippen LogP contribution in [0.5, 0.6) is 0 Å². The van der Waals surface area contributed by atoms with Crippen molar-refractivity contribution in [1.29, 1.82) is 0 Å². The molecular formula is C10H11N3O2. The second kappa shape index (κ2) is 3.70. The first-order valence-corrected chi connectivity index (χ1v) is 4.47. The highest BCUT2D eigenvalue weighted by atomic mass is 16.7. The Morgan fingerprint density at radius 2 is 2.33 bits per heavy atom. The predicted octanol–water partition coefficient (Wildman–Crippen LogP) is 0.968. The van der Waals surface area contributed by atoms with Gasteiger partial charge in [-0.05, 0) is 12.1 Å². The summed E-state index contributed by atoms with van der Waals surface area (Å²) in [6.07, 6.45) is 5.20. The van der Waals surface area contributed by atoms with Gasteiger partial charge in [0.1, 0.15) is 5.65 Å². The molecule has 0 saturated heterocycles. The molecule has 0 aliphatic rings. The zero-order valence-corrected chi connectivity index (χ0v) is 8.54. The molecule has 0 atom stereocenters. The molecule has 2 aromatic heterocycles. The third-order valence-electron chi connectivity index (χ3n) is 2.20. The van der Waals surface area contributed by atoms with E-state index in [1.807, 2.05) is 0 Å². The van der Waals surface area contributed by atoms with Crippen molar-refractivity contribution in [2.75, 3.05) is 14.2 Å². The number of carbonyl (C=O) groups excluding carboxylic acids is 1. The van der Waals surface area contributed by atoms with Crippen LogP contribution in [0.3, 0.4) is 0 Å². The summed E-state index contributed by atoms with van der Waals surface area (Å²) in [4.78, 5) is 20.6. The lowest BCUT2D eigenvalue weighted by Gasteiger charge is -2.13. The number of pyridine rings is 1. The zero-order chi connectivity index (χ0) is 10.8. The second-order valence-corrected chi connectivity index (χ2v) is 3.10. The Hall–Kier alpha value is -1.88. The zero-order valence-electron chi connectivity index (χ0n) is 8.54. The number of aromatic nitrogens is 2. The van der Waals surface area contributed by atoms with Crippen molar-refractivity contribution in [2.45, 2.75) is 0 Å². The molecule has 0 aliphatic heterocycles. The van der Waals surface area contributed by atoms with Crippen molar-refractivity contribution in [3.63, 3.8) is 0 Å². The van der Waals surface area contributed by atoms with E-state index in [4.69, 9.17) is 4.84 Å². The molecule has 0 N–H and O–H groups in total. The van der Waals surface area contributed by atoms with Crippen LogP contribution >= 0.6 is 0 Å². The number of carbonyl (C=O) groups is 1. The lowest BCUT2D eigenvalue weighted by Crippen LogP contribution is -2.25. The maximum atomic E-state index is 11.7. The molecular weight excluding hydrogens is 194 g/mol. The Morgan fingerprint density at radius 1 is 1.53 bits per heavy atom. The lowest BCUT2D eigenvalue weighted by molar-refractivity contribution is -0.0757. The maximum absolute atomic E-state index is 11.7. The first-order valence-electron chi connectivity index (χ1n) is 4.47. The molecule has 2 aromatic rings. The molecule has 0 bridgehead atoms. The molecule has 0 aromatic carbocycles. The second-order valence-electron chi connectivity index (χ2n) is 3.10. The highest BCUT2D eigenvalue weighted by molar-refractivity contribution is 5.93. The highest BCUT2D eigenvalue weighted by Gasteiger charge is 2.11. The summed E-state index contributed by atoms with van der Waals surface area (Å²) in [6.45, 7) is 0. The number of rotatable bonds is 2. The van der Waals surface area contributed by atoms with Crippen molar-refractivity contribution in [3.05, 3.63) is 36.3 Å². The number of nitrogens with zero attached hydrogens (tertiary/aromatic N) is 3. The van der Waals surface area contributed by atoms with E-state index in [9.17, 15) is 4.79 Å². The third-order valence-corrected chi connectivity index (χ3v) is 2.20. The molecule has 5 nitrogen and oxygen atoms in total. The van der Waals surface area contributed by atoms with E-state index in [1.165, 1.54) is 12.2 Å². The monoisotopic (exact) mass is 205 g/mol. The highest BCUT2D eigenvalue weighted by Crippen LogP contribution is 2.07. The van der Waals surface area contributed by atoms with Gasteiger partial charge in [-0.15, -0.1) is 0 Å². The Kier molecular flexibility index (Phi) is 2.39. The molecule has 0 unspecified atom stereocenters. The topological polar surface area (TPSA) is 46.8 Å². The van der Waals surface area contributed by atoms with Gasteiger partial charge in [-0.2, -0.15) is 0 Å². The van der Waals surface area contributed by atoms with E-state index in [0.29, 0.717) is 5.56 Å². The first kappa shape index (κ1) is 9.67. The number of amides is 1. The Morgan fingerprint density at radius 3 is 3.07 bits per heavy atom. The molecule has 78 valence electrons. The van der Waals surface area contributed by atoms with Crippen molar-refractivity contribution in [1.82, 2.24) is 14.4 Å². The van der Waals surface area contributed by atoms with Gasteiger partial charge in [-0.1, -0.05) is 0 Å². The van der Waals surface area contributed by atoms with Crippen molar-refractivity contribution < 1.29 is 9.63 Å². The largest absolute Gasteiger partial charge is 0.306 e. The standard InChI is InChI=1S/C10H11N3O2/c1-12(15-2)10(14)8-3-4-9-11-5-6-13(9)7-8/h3-7H,1-2H3. The average molecular weight is 205 g/mol. The molecule has 0 saturated carbocycles. The quantitative estimate of drug-likeness (QED) is 0.686. The Bertz CT molecular complexity index is 492.